The van der Waals surface area contributed by atoms with Gasteiger partial charge in [-0.1, -0.05) is 27.2 Å². The molecule has 84 heavy (non-hydrogen) atoms. The van der Waals surface area contributed by atoms with Crippen LogP contribution in [0.25, 0.3) is 32.3 Å². The molecular formula is C43H31N9O25S7. The van der Waals surface area contributed by atoms with Gasteiger partial charge in [-0.05, 0) is 95.7 Å². The molecule has 0 fully saturated rings. The van der Waals surface area contributed by atoms with Crippen LogP contribution in [-0.2, 0) is 68.6 Å². The van der Waals surface area contributed by atoms with Crippen LogP contribution in [0.3, 0.4) is 0 Å². The van der Waals surface area contributed by atoms with Crippen LogP contribution in [0, 0.1) is 0 Å². The van der Waals surface area contributed by atoms with Crippen LogP contribution in [0.1, 0.15) is 0 Å². The number of nitrogens with zero attached hydrogens (tertiary/aromatic N) is 8. The van der Waals surface area contributed by atoms with Gasteiger partial charge in [-0.3, -0.25) is 18.2 Å². The Morgan fingerprint density at radius 2 is 0.952 bits per heavy atom. The molecule has 0 aliphatic heterocycles. The van der Waals surface area contributed by atoms with E-state index in [4.69, 9.17) is 26.2 Å². The quantitative estimate of drug-likeness (QED) is 0.00749. The second-order valence-corrected chi connectivity index (χ2v) is 23.8. The molecule has 0 bridgehead atoms. The molecule has 0 spiro atoms. The minimum Gasteiger partial charge on any atom is -0.505 e. The summed E-state index contributed by atoms with van der Waals surface area (Å²) in [5, 5.41) is 101. The van der Waals surface area contributed by atoms with E-state index in [1.165, 1.54) is 67.8 Å². The second-order valence-electron chi connectivity index (χ2n) is 16.0. The number of aromatic hydroxyl groups is 3. The number of phenolic OH excluding ortho intramolecular Hbond substituents is 3. The lowest BCUT2D eigenvalue weighted by atomic mass is 10.0. The zero-order valence-corrected chi connectivity index (χ0v) is 46.6. The maximum atomic E-state index is 13.2. The van der Waals surface area contributed by atoms with Gasteiger partial charge in [-0.2, -0.15) is 38.8 Å². The first-order chi connectivity index (χ1) is 39.7. The lowest BCUT2D eigenvalue weighted by Crippen LogP contribution is -2.03. The van der Waals surface area contributed by atoms with Gasteiger partial charge in [0.25, 0.3) is 40.5 Å². The van der Waals surface area contributed by atoms with Crippen LogP contribution in [0.5, 0.6) is 23.0 Å². The van der Waals surface area contributed by atoms with E-state index in [9.17, 15) is 67.2 Å². The van der Waals surface area contributed by atoms with Crippen molar-refractivity contribution in [1.29, 1.82) is 0 Å². The molecular weight excluding hydrogens is 1270 g/mol. The van der Waals surface area contributed by atoms with E-state index in [2.05, 4.69) is 69.0 Å². The van der Waals surface area contributed by atoms with Gasteiger partial charge in [0.1, 0.15) is 65.1 Å². The summed E-state index contributed by atoms with van der Waals surface area (Å²) in [4.78, 5) is -4.82. The normalized spacial score (nSPS) is 12.9. The molecule has 0 aliphatic carbocycles. The van der Waals surface area contributed by atoms with Crippen LogP contribution in [-0.4, -0.2) is 90.1 Å². The number of benzene rings is 8. The maximum Gasteiger partial charge on any atom is 0.297 e. The van der Waals surface area contributed by atoms with Gasteiger partial charge in [0.2, 0.25) is 0 Å². The summed E-state index contributed by atoms with van der Waals surface area (Å²) in [6, 6.07) is 17.9. The Morgan fingerprint density at radius 1 is 0.440 bits per heavy atom. The first kappa shape index (κ1) is 62.3. The topological polar surface area (TPSA) is 528 Å². The third kappa shape index (κ3) is 13.4. The van der Waals surface area contributed by atoms with Gasteiger partial charge >= 0.3 is 0 Å². The summed E-state index contributed by atoms with van der Waals surface area (Å²) < 4.78 is 161. The second kappa shape index (κ2) is 25.2. The maximum absolute atomic E-state index is 13.2. The molecule has 8 aromatic rings. The average Bonchev–Trinajstić information content (AvgIpc) is 2.64. The smallest absolute Gasteiger partial charge is 0.297 e. The number of anilines is 1. The minimum atomic E-state index is -5.64. The summed E-state index contributed by atoms with van der Waals surface area (Å²) >= 11 is 0.838. The number of fused-ring (bicyclic) bond motifs is 3. The summed E-state index contributed by atoms with van der Waals surface area (Å²) in [5.74, 6) is -2.48. The lowest BCUT2D eigenvalue weighted by Gasteiger charge is -2.14. The van der Waals surface area contributed by atoms with E-state index < -0.39 is 122 Å². The van der Waals surface area contributed by atoms with Gasteiger partial charge < -0.3 is 25.8 Å². The number of ether oxygens (including phenoxy) is 1. The monoisotopic (exact) mass is 1300 g/mol. The molecule has 41 heteroatoms. The molecule has 0 aliphatic rings. The predicted octanol–water partition coefficient (Wildman–Crippen LogP) is 11.8. The predicted molar refractivity (Wildman–Crippen MR) is 289 cm³/mol. The van der Waals surface area contributed by atoms with Crippen LogP contribution in [0.4, 0.5) is 51.2 Å². The number of nitrogen functional groups attached to an aromatic ring is 1. The highest BCUT2D eigenvalue weighted by atomic mass is 32.2. The van der Waals surface area contributed by atoms with Crippen LogP contribution in [0.2, 0.25) is 0 Å². The first-order valence-corrected chi connectivity index (χ1v) is 29.7. The number of rotatable bonds is 22. The Balaban J connectivity index is 1.24. The van der Waals surface area contributed by atoms with Crippen molar-refractivity contribution in [3.05, 3.63) is 97.1 Å². The molecule has 440 valence electrons. The zero-order chi connectivity index (χ0) is 61.1. The summed E-state index contributed by atoms with van der Waals surface area (Å²) in [6.07, 6.45) is 0. The Kier molecular flexibility index (Phi) is 18.7. The van der Waals surface area contributed by atoms with Crippen molar-refractivity contribution in [3.8, 4) is 23.0 Å². The van der Waals surface area contributed by atoms with Crippen molar-refractivity contribution in [2.45, 2.75) is 34.3 Å². The Morgan fingerprint density at radius 3 is 1.57 bits per heavy atom. The standard InChI is InChI=1S/C43H31N9O25S7/c1-71-21-7-10-25(28(16-21)78-75-72-56)46-52-39-33(83(65,66)67)17-24-23(41(39)54)9-11-27(43(24)84(68,69)70)48-51-38-32(82(62,63)64)15-19-14-30(80-77-74-58)37(42(55)34(19)35(38)44)49-45-20-6-8-22-18(12-20)13-29(79-76-73-57)36(40(22)53)50-47-26-4-2-3-5-31(26)81(59,60)61/h2-17,53-58H,44H2,1H3,(H,59,60,61)(H,62,63,64)(H,65,66,67)(H,68,69,70). The van der Waals surface area contributed by atoms with Crippen molar-refractivity contribution in [1.82, 2.24) is 0 Å². The fourth-order valence-electron chi connectivity index (χ4n) is 7.66. The number of phenols is 3. The van der Waals surface area contributed by atoms with E-state index in [-0.39, 0.29) is 71.4 Å². The van der Waals surface area contributed by atoms with Gasteiger partial charge in [0.15, 0.2) is 17.2 Å². The number of methoxy groups -OCH3 is 1. The van der Waals surface area contributed by atoms with Gasteiger partial charge in [-0.15, -0.1) is 48.8 Å². The fourth-order valence-corrected chi connectivity index (χ4v) is 11.9. The number of azo groups is 4. The minimum absolute atomic E-state index is 0.0223. The summed E-state index contributed by atoms with van der Waals surface area (Å²) in [6.45, 7) is 0. The third-order valence-corrected chi connectivity index (χ3v) is 16.6. The molecule has 0 radical (unpaired) electrons. The van der Waals surface area contributed by atoms with Crippen LogP contribution in [0.15, 0.2) is 172 Å². The van der Waals surface area contributed by atoms with Gasteiger partial charge in [0, 0.05) is 16.2 Å². The van der Waals surface area contributed by atoms with E-state index >= 15 is 0 Å². The summed E-state index contributed by atoms with van der Waals surface area (Å²) in [7, 11) is -20.1. The third-order valence-electron chi connectivity index (χ3n) is 11.1. The van der Waals surface area contributed by atoms with Crippen molar-refractivity contribution in [3.63, 3.8) is 0 Å². The highest BCUT2D eigenvalue weighted by Gasteiger charge is 2.30. The lowest BCUT2D eigenvalue weighted by molar-refractivity contribution is -0.432. The molecule has 0 heterocycles. The summed E-state index contributed by atoms with van der Waals surface area (Å²) in [5.41, 5.74) is 1.19. The highest BCUT2D eigenvalue weighted by Crippen LogP contribution is 2.52. The molecule has 8 rings (SSSR count). The Hall–Kier alpha value is -7.73. The molecule has 0 amide bonds. The van der Waals surface area contributed by atoms with Crippen molar-refractivity contribution >= 4 is 160 Å². The Labute approximate surface area is 481 Å². The van der Waals surface area contributed by atoms with Gasteiger partial charge in [0.05, 0.1) is 74.7 Å². The van der Waals surface area contributed by atoms with E-state index in [1.54, 1.807) is 0 Å². The molecule has 0 saturated carbocycles. The molecule has 0 unspecified atom stereocenters. The van der Waals surface area contributed by atoms with Crippen molar-refractivity contribution in [2.75, 3.05) is 12.8 Å². The van der Waals surface area contributed by atoms with E-state index in [0.717, 1.165) is 24.3 Å². The largest absolute Gasteiger partial charge is 0.505 e. The number of nitrogens with two attached hydrogens (primary N) is 1. The van der Waals surface area contributed by atoms with Crippen molar-refractivity contribution in [2.24, 2.45) is 40.9 Å². The number of hydrogen-bond donors (Lipinski definition) is 11. The highest BCUT2D eigenvalue weighted by molar-refractivity contribution is 7.95. The molecule has 12 N–H and O–H groups in total. The SMILES string of the molecule is COc1ccc(N=Nc2c(S(=O)(=O)O)cc3c(S(=O)(=O)O)c(N=Nc4c(S(=O)(=O)O)cc5cc(SOOO)c(N=Nc6ccc7c(O)c(N=Nc8ccccc8S(=O)(=O)O)c(SOOO)cc7c6)c(O)c5c4N)ccc3c2O)c(SOOO)c1. The van der Waals surface area contributed by atoms with E-state index in [1.807, 2.05) is 0 Å². The van der Waals surface area contributed by atoms with Gasteiger partial charge in [-0.25, -0.2) is 15.8 Å². The zero-order valence-electron chi connectivity index (χ0n) is 40.8. The first-order valence-electron chi connectivity index (χ1n) is 21.7. The molecule has 8 aromatic carbocycles. The van der Waals surface area contributed by atoms with Crippen LogP contribution < -0.4 is 10.5 Å². The average molecular weight is 1300 g/mol. The molecule has 0 aromatic heterocycles. The number of hydrogen-bond acceptors (Lipinski definition) is 33. The molecule has 0 saturated heterocycles. The Bertz CT molecular complexity index is 4580. The molecule has 34 nitrogen and oxygen atoms in total. The van der Waals surface area contributed by atoms with Crippen molar-refractivity contribution < 1.29 is 116 Å². The fraction of sp³-hybridized carbons (Fsp3) is 0.0233. The van der Waals surface area contributed by atoms with E-state index in [0.29, 0.717) is 36.2 Å². The van der Waals surface area contributed by atoms with Crippen LogP contribution >= 0.6 is 36.1 Å². The molecule has 0 atom stereocenters.